The van der Waals surface area contributed by atoms with Gasteiger partial charge in [-0.1, -0.05) is 101 Å². The van der Waals surface area contributed by atoms with E-state index in [0.717, 1.165) is 33.8 Å². The number of hydrogen-bond acceptors (Lipinski definition) is 3. The van der Waals surface area contributed by atoms with Crippen molar-refractivity contribution in [2.24, 2.45) is 0 Å². The van der Waals surface area contributed by atoms with Gasteiger partial charge in [0.25, 0.3) is 0 Å². The minimum absolute atomic E-state index is 0. The maximum Gasteiger partial charge on any atom is 3.00 e. The first-order chi connectivity index (χ1) is 23.8. The summed E-state index contributed by atoms with van der Waals surface area (Å²) >= 11 is 0. The Bertz CT molecular complexity index is 2180. The van der Waals surface area contributed by atoms with Gasteiger partial charge in [-0.3, -0.25) is 0 Å². The van der Waals surface area contributed by atoms with Crippen LogP contribution in [-0.2, 0) is 20.1 Å². The quantitative estimate of drug-likeness (QED) is 0.132. The molecule has 6 aromatic carbocycles. The van der Waals surface area contributed by atoms with Gasteiger partial charge >= 0.3 is 20.1 Å². The number of pyridine rings is 3. The van der Waals surface area contributed by atoms with E-state index in [9.17, 15) is 0 Å². The van der Waals surface area contributed by atoms with Crippen LogP contribution in [0.5, 0.6) is 0 Å². The van der Waals surface area contributed by atoms with Crippen LogP contribution in [0.2, 0.25) is 0 Å². The van der Waals surface area contributed by atoms with Crippen molar-refractivity contribution < 1.29 is 20.1 Å². The van der Waals surface area contributed by atoms with Crippen LogP contribution in [0.25, 0.3) is 66.1 Å². The normalized spacial score (nSPS) is 10.3. The van der Waals surface area contributed by atoms with Gasteiger partial charge < -0.3 is 15.0 Å². The van der Waals surface area contributed by atoms with Gasteiger partial charge in [0, 0.05) is 18.6 Å². The molecule has 234 valence electrons. The number of nitrogens with zero attached hydrogens (tertiary/aromatic N) is 3. The van der Waals surface area contributed by atoms with Crippen LogP contribution < -0.4 is 0 Å². The summed E-state index contributed by atoms with van der Waals surface area (Å²) < 4.78 is 0. The van der Waals surface area contributed by atoms with Crippen LogP contribution in [0, 0.1) is 18.2 Å². The maximum absolute atomic E-state index is 4.47. The third kappa shape index (κ3) is 7.85. The van der Waals surface area contributed by atoms with Crippen molar-refractivity contribution >= 4 is 32.3 Å². The molecule has 9 rings (SSSR count). The molecule has 9 aromatic rings. The predicted octanol–water partition coefficient (Wildman–Crippen LogP) is 11.1. The largest absolute Gasteiger partial charge is 3.00 e. The Morgan fingerprint density at radius 1 is 0.327 bits per heavy atom. The van der Waals surface area contributed by atoms with Gasteiger partial charge in [0.05, 0.1) is 0 Å². The van der Waals surface area contributed by atoms with Crippen LogP contribution in [0.1, 0.15) is 0 Å². The van der Waals surface area contributed by atoms with E-state index in [1.807, 2.05) is 109 Å². The zero-order valence-electron chi connectivity index (χ0n) is 26.5. The van der Waals surface area contributed by atoms with E-state index in [0.29, 0.717) is 0 Å². The molecule has 0 saturated heterocycles. The number of aromatic nitrogens is 3. The van der Waals surface area contributed by atoms with Gasteiger partial charge in [0.2, 0.25) is 0 Å². The molecule has 3 aromatic heterocycles. The summed E-state index contributed by atoms with van der Waals surface area (Å²) in [5.74, 6) is 0. The van der Waals surface area contributed by atoms with E-state index < -0.39 is 0 Å². The number of benzene rings is 6. The van der Waals surface area contributed by atoms with Gasteiger partial charge in [0.15, 0.2) is 0 Å². The summed E-state index contributed by atoms with van der Waals surface area (Å²) in [4.78, 5) is 12.9. The number of fused-ring (bicyclic) bond motifs is 6. The first-order valence-electron chi connectivity index (χ1n) is 15.8. The average molecular weight is 805 g/mol. The summed E-state index contributed by atoms with van der Waals surface area (Å²) in [5.41, 5.74) is 6.01. The number of hydrogen-bond donors (Lipinski definition) is 0. The van der Waals surface area contributed by atoms with Gasteiger partial charge in [-0.05, 0) is 51.4 Å². The fourth-order valence-electron chi connectivity index (χ4n) is 5.66. The smallest absolute Gasteiger partial charge is 0.305 e. The summed E-state index contributed by atoms with van der Waals surface area (Å²) in [6, 6.07) is 64.6. The Balaban J connectivity index is 0.000000141. The van der Waals surface area contributed by atoms with Gasteiger partial charge in [-0.15, -0.1) is 95.6 Å². The van der Waals surface area contributed by atoms with E-state index in [2.05, 4.69) is 93.8 Å². The minimum Gasteiger partial charge on any atom is -0.305 e. The molecule has 0 radical (unpaired) electrons. The molecule has 49 heavy (non-hydrogen) atoms. The molecular weight excluding hydrogens is 775 g/mol. The van der Waals surface area contributed by atoms with Crippen LogP contribution in [0.3, 0.4) is 0 Å². The third-order valence-corrected chi connectivity index (χ3v) is 7.92. The second kappa shape index (κ2) is 16.3. The van der Waals surface area contributed by atoms with Crippen molar-refractivity contribution in [3.8, 4) is 33.8 Å². The molecule has 0 N–H and O–H groups in total. The molecule has 0 saturated carbocycles. The summed E-state index contributed by atoms with van der Waals surface area (Å²) in [6.07, 6.45) is 5.40. The van der Waals surface area contributed by atoms with E-state index in [4.69, 9.17) is 0 Å². The molecule has 0 amide bonds. The fraction of sp³-hybridized carbons (Fsp3) is 0. The Hall–Kier alpha value is -5.80. The van der Waals surface area contributed by atoms with Crippen molar-refractivity contribution in [3.05, 3.63) is 201 Å². The van der Waals surface area contributed by atoms with E-state index >= 15 is 0 Å². The molecule has 0 bridgehead atoms. The second-order valence-corrected chi connectivity index (χ2v) is 11.0. The Kier molecular flexibility index (Phi) is 11.0. The molecular formula is C45H30IrN3. The molecule has 0 aliphatic carbocycles. The maximum atomic E-state index is 4.47. The summed E-state index contributed by atoms with van der Waals surface area (Å²) in [7, 11) is 0. The van der Waals surface area contributed by atoms with E-state index in [-0.39, 0.29) is 20.1 Å². The molecule has 0 aliphatic heterocycles. The SMILES string of the molecule is [Ir+3].[c-]1cc2c3ccccc3c3ccccc3c2cc1-c1ccccn1.[c-]1ccccc1-c1ccccn1.[c-]1ccccc1-c1ccccn1. The zero-order chi connectivity index (χ0) is 32.4. The Morgan fingerprint density at radius 3 is 1.12 bits per heavy atom. The number of rotatable bonds is 3. The molecule has 0 fully saturated rings. The topological polar surface area (TPSA) is 38.7 Å². The summed E-state index contributed by atoms with van der Waals surface area (Å²) in [5, 5.41) is 7.62. The monoisotopic (exact) mass is 805 g/mol. The van der Waals surface area contributed by atoms with Crippen molar-refractivity contribution in [1.82, 2.24) is 15.0 Å². The van der Waals surface area contributed by atoms with Crippen LogP contribution in [-0.4, -0.2) is 15.0 Å². The molecule has 0 aliphatic rings. The molecule has 3 nitrogen and oxygen atoms in total. The van der Waals surface area contributed by atoms with Crippen LogP contribution in [0.15, 0.2) is 182 Å². The van der Waals surface area contributed by atoms with Crippen molar-refractivity contribution in [2.45, 2.75) is 0 Å². The van der Waals surface area contributed by atoms with Crippen LogP contribution in [0.4, 0.5) is 0 Å². The minimum atomic E-state index is 0. The Morgan fingerprint density at radius 2 is 0.714 bits per heavy atom. The molecule has 0 atom stereocenters. The molecule has 3 heterocycles. The zero-order valence-corrected chi connectivity index (χ0v) is 28.9. The third-order valence-electron chi connectivity index (χ3n) is 7.92. The van der Waals surface area contributed by atoms with Gasteiger partial charge in [-0.25, -0.2) is 0 Å². The second-order valence-electron chi connectivity index (χ2n) is 11.0. The summed E-state index contributed by atoms with van der Waals surface area (Å²) in [6.45, 7) is 0. The van der Waals surface area contributed by atoms with Crippen LogP contribution >= 0.6 is 0 Å². The first kappa shape index (κ1) is 33.1. The fourth-order valence-corrected chi connectivity index (χ4v) is 5.66. The molecule has 0 unspecified atom stereocenters. The van der Waals surface area contributed by atoms with Gasteiger partial charge in [0.1, 0.15) is 0 Å². The molecule has 4 heteroatoms. The van der Waals surface area contributed by atoms with E-state index in [1.54, 1.807) is 12.4 Å². The Labute approximate surface area is 300 Å². The van der Waals surface area contributed by atoms with Crippen molar-refractivity contribution in [3.63, 3.8) is 0 Å². The van der Waals surface area contributed by atoms with Crippen molar-refractivity contribution in [1.29, 1.82) is 0 Å². The molecule has 0 spiro atoms. The van der Waals surface area contributed by atoms with E-state index in [1.165, 1.54) is 32.3 Å². The standard InChI is InChI=1S/C23H14N.2C11H8N.Ir/c1-2-9-19-17(7-1)18-8-3-4-10-20(18)22-15-16(12-13-21(19)22)23-11-5-6-14-24-23;2*1-2-6-10(7-3-1)11-8-4-5-9-12-11;/h1-11,13-15H;2*1-6,8-9H;/q3*-1;+3. The predicted molar refractivity (Wildman–Crippen MR) is 198 cm³/mol. The first-order valence-corrected chi connectivity index (χ1v) is 15.8. The average Bonchev–Trinajstić information content (AvgIpc) is 3.20. The van der Waals surface area contributed by atoms with Crippen molar-refractivity contribution in [2.75, 3.05) is 0 Å². The van der Waals surface area contributed by atoms with Gasteiger partial charge in [-0.2, -0.15) is 0 Å².